The zero-order chi connectivity index (χ0) is 4.28. The summed E-state index contributed by atoms with van der Waals surface area (Å²) in [6, 6.07) is 0. The molecule has 0 spiro atoms. The molecule has 0 atom stereocenters. The van der Waals surface area contributed by atoms with Crippen molar-refractivity contribution in [3.05, 3.63) is 0 Å². The van der Waals surface area contributed by atoms with Crippen LogP contribution in [0.4, 0.5) is 0 Å². The van der Waals surface area contributed by atoms with E-state index in [-0.39, 0.29) is 22.4 Å². The average molecular weight is 254 g/mol. The Morgan fingerprint density at radius 2 is 1.67 bits per heavy atom. The fourth-order valence-electron chi connectivity index (χ4n) is 0. The Labute approximate surface area is 53.0 Å². The SMILES string of the molecule is CN(C)C=O.[Ta]. The molecule has 0 fully saturated rings. The third kappa shape index (κ3) is 8.88. The van der Waals surface area contributed by atoms with Crippen molar-refractivity contribution in [1.29, 1.82) is 0 Å². The average Bonchev–Trinajstić information content (AvgIpc) is 1.38. The maximum Gasteiger partial charge on any atom is 0.209 e. The van der Waals surface area contributed by atoms with Crippen molar-refractivity contribution < 1.29 is 27.2 Å². The molecule has 0 saturated carbocycles. The topological polar surface area (TPSA) is 20.3 Å². The first-order valence-electron chi connectivity index (χ1n) is 1.39. The first kappa shape index (κ1) is 9.51. The van der Waals surface area contributed by atoms with E-state index >= 15 is 0 Å². The van der Waals surface area contributed by atoms with Crippen LogP contribution in [0, 0.1) is 0 Å². The van der Waals surface area contributed by atoms with E-state index < -0.39 is 0 Å². The van der Waals surface area contributed by atoms with Crippen LogP contribution < -0.4 is 0 Å². The van der Waals surface area contributed by atoms with E-state index in [1.165, 1.54) is 4.90 Å². The van der Waals surface area contributed by atoms with Gasteiger partial charge < -0.3 is 4.90 Å². The van der Waals surface area contributed by atoms with Crippen LogP contribution in [0.5, 0.6) is 0 Å². The molecule has 0 aromatic carbocycles. The number of amides is 1. The molecule has 0 aliphatic heterocycles. The summed E-state index contributed by atoms with van der Waals surface area (Å²) in [6.07, 6.45) is 0.750. The van der Waals surface area contributed by atoms with Gasteiger partial charge in [-0.3, -0.25) is 4.79 Å². The van der Waals surface area contributed by atoms with E-state index in [4.69, 9.17) is 0 Å². The summed E-state index contributed by atoms with van der Waals surface area (Å²) >= 11 is 0. The molecule has 1 radical (unpaired) electrons. The van der Waals surface area contributed by atoms with Crippen molar-refractivity contribution in [1.82, 2.24) is 4.90 Å². The molecule has 0 unspecified atom stereocenters. The number of carbonyl (C=O) groups excluding carboxylic acids is 1. The first-order valence-corrected chi connectivity index (χ1v) is 1.39. The molecule has 0 aromatic rings. The molecular weight excluding hydrogens is 247 g/mol. The third-order valence-corrected chi connectivity index (χ3v) is 0.211. The minimum Gasteiger partial charge on any atom is -0.351 e. The van der Waals surface area contributed by atoms with Gasteiger partial charge in [0.15, 0.2) is 0 Å². The van der Waals surface area contributed by atoms with Gasteiger partial charge in [0.05, 0.1) is 0 Å². The second kappa shape index (κ2) is 5.21. The van der Waals surface area contributed by atoms with Gasteiger partial charge in [-0.25, -0.2) is 0 Å². The summed E-state index contributed by atoms with van der Waals surface area (Å²) in [5.74, 6) is 0. The summed E-state index contributed by atoms with van der Waals surface area (Å²) in [7, 11) is 3.38. The van der Waals surface area contributed by atoms with Gasteiger partial charge in [-0.05, 0) is 0 Å². The van der Waals surface area contributed by atoms with Crippen molar-refractivity contribution >= 4 is 6.41 Å². The number of carbonyl (C=O) groups is 1. The largest absolute Gasteiger partial charge is 0.351 e. The van der Waals surface area contributed by atoms with Crippen LogP contribution in [0.2, 0.25) is 0 Å². The number of hydrogen-bond acceptors (Lipinski definition) is 1. The molecule has 2 nitrogen and oxygen atoms in total. The molecule has 0 aromatic heterocycles. The second-order valence-electron chi connectivity index (χ2n) is 1.07. The van der Waals surface area contributed by atoms with Crippen LogP contribution in [-0.2, 0) is 27.2 Å². The number of nitrogens with zero attached hydrogens (tertiary/aromatic N) is 1. The zero-order valence-electron chi connectivity index (χ0n) is 3.88. The van der Waals surface area contributed by atoms with Crippen molar-refractivity contribution in [3.63, 3.8) is 0 Å². The van der Waals surface area contributed by atoms with E-state index in [9.17, 15) is 4.79 Å². The standard InChI is InChI=1S/C3H7NO.Ta/c1-4(2)3-5;/h3H,1-2H3;. The minimum absolute atomic E-state index is 0. The summed E-state index contributed by atoms with van der Waals surface area (Å²) in [5.41, 5.74) is 0. The fraction of sp³-hybridized carbons (Fsp3) is 0.667. The Morgan fingerprint density at radius 3 is 1.67 bits per heavy atom. The molecule has 3 heteroatoms. The summed E-state index contributed by atoms with van der Waals surface area (Å²) in [6.45, 7) is 0. The van der Waals surface area contributed by atoms with Crippen LogP contribution in [0.25, 0.3) is 0 Å². The smallest absolute Gasteiger partial charge is 0.209 e. The van der Waals surface area contributed by atoms with Gasteiger partial charge in [0.1, 0.15) is 0 Å². The van der Waals surface area contributed by atoms with E-state index in [0.717, 1.165) is 6.41 Å². The van der Waals surface area contributed by atoms with Gasteiger partial charge in [-0.2, -0.15) is 0 Å². The predicted molar refractivity (Wildman–Crippen MR) is 19.8 cm³/mol. The fourth-order valence-corrected chi connectivity index (χ4v) is 0. The molecule has 0 heterocycles. The van der Waals surface area contributed by atoms with E-state index in [1.807, 2.05) is 0 Å². The summed E-state index contributed by atoms with van der Waals surface area (Å²) in [5, 5.41) is 0. The number of rotatable bonds is 1. The van der Waals surface area contributed by atoms with Crippen LogP contribution in [0.15, 0.2) is 0 Å². The summed E-state index contributed by atoms with van der Waals surface area (Å²) < 4.78 is 0. The predicted octanol–water partition coefficient (Wildman–Crippen LogP) is -0.298. The Balaban J connectivity index is 0. The maximum absolute atomic E-state index is 9.43. The van der Waals surface area contributed by atoms with E-state index in [1.54, 1.807) is 14.1 Å². The molecule has 6 heavy (non-hydrogen) atoms. The van der Waals surface area contributed by atoms with Crippen molar-refractivity contribution in [2.24, 2.45) is 0 Å². The van der Waals surface area contributed by atoms with Crippen molar-refractivity contribution in [2.75, 3.05) is 14.1 Å². The molecular formula is C3H7NOTa. The second-order valence-corrected chi connectivity index (χ2v) is 1.07. The Morgan fingerprint density at radius 1 is 1.50 bits per heavy atom. The minimum atomic E-state index is 0. The quantitative estimate of drug-likeness (QED) is 0.588. The van der Waals surface area contributed by atoms with Gasteiger partial charge in [-0.15, -0.1) is 0 Å². The summed E-state index contributed by atoms with van der Waals surface area (Å²) in [4.78, 5) is 10.9. The normalized spacial score (nSPS) is 5.67. The molecule has 0 aliphatic rings. The van der Waals surface area contributed by atoms with Crippen LogP contribution in [0.3, 0.4) is 0 Å². The Kier molecular flexibility index (Phi) is 8.26. The van der Waals surface area contributed by atoms with Gasteiger partial charge in [0.2, 0.25) is 6.41 Å². The van der Waals surface area contributed by atoms with Crippen LogP contribution in [-0.4, -0.2) is 25.4 Å². The molecule has 0 N–H and O–H groups in total. The van der Waals surface area contributed by atoms with Gasteiger partial charge in [0, 0.05) is 36.5 Å². The zero-order valence-corrected chi connectivity index (χ0v) is 7.09. The van der Waals surface area contributed by atoms with Crippen molar-refractivity contribution in [3.8, 4) is 0 Å². The Hall–Kier alpha value is 0.210. The van der Waals surface area contributed by atoms with Crippen LogP contribution in [0.1, 0.15) is 0 Å². The first-order chi connectivity index (χ1) is 2.27. The molecule has 1 amide bonds. The molecule has 0 rings (SSSR count). The molecule has 0 saturated heterocycles. The van der Waals surface area contributed by atoms with Gasteiger partial charge in [0.25, 0.3) is 0 Å². The van der Waals surface area contributed by atoms with E-state index in [2.05, 4.69) is 0 Å². The third-order valence-electron chi connectivity index (χ3n) is 0.211. The van der Waals surface area contributed by atoms with Crippen molar-refractivity contribution in [2.45, 2.75) is 0 Å². The maximum atomic E-state index is 9.43. The van der Waals surface area contributed by atoms with Crippen LogP contribution >= 0.6 is 0 Å². The molecule has 0 bridgehead atoms. The van der Waals surface area contributed by atoms with Gasteiger partial charge >= 0.3 is 0 Å². The monoisotopic (exact) mass is 254 g/mol. The van der Waals surface area contributed by atoms with E-state index in [0.29, 0.717) is 0 Å². The Bertz CT molecular complexity index is 37.8. The van der Waals surface area contributed by atoms with Gasteiger partial charge in [-0.1, -0.05) is 0 Å². The number of hydrogen-bond donors (Lipinski definition) is 0. The molecule has 0 aliphatic carbocycles. The molecule has 35 valence electrons.